The van der Waals surface area contributed by atoms with Crippen LogP contribution in [0.15, 0.2) is 41.3 Å². The summed E-state index contributed by atoms with van der Waals surface area (Å²) < 4.78 is 5.61. The number of carbonyl (C=O) groups is 1. The Kier molecular flexibility index (Phi) is 5.74. The second-order valence-electron chi connectivity index (χ2n) is 8.12. The lowest BCUT2D eigenvalue weighted by atomic mass is 9.68. The minimum atomic E-state index is -0.496. The van der Waals surface area contributed by atoms with E-state index in [2.05, 4.69) is 15.3 Å². The van der Waals surface area contributed by atoms with Crippen LogP contribution in [0.4, 0.5) is 0 Å². The van der Waals surface area contributed by atoms with Crippen molar-refractivity contribution in [1.82, 2.24) is 15.3 Å². The third-order valence-electron chi connectivity index (χ3n) is 6.01. The number of fused-ring (bicyclic) bond motifs is 2. The fourth-order valence-corrected chi connectivity index (χ4v) is 4.79. The maximum Gasteiger partial charge on any atom is 0.348 e. The zero-order valence-corrected chi connectivity index (χ0v) is 16.0. The maximum absolute atomic E-state index is 12.3. The Balaban J connectivity index is 1.32. The van der Waals surface area contributed by atoms with Gasteiger partial charge in [0.25, 0.3) is 5.91 Å². The van der Waals surface area contributed by atoms with Gasteiger partial charge in [-0.05, 0) is 42.6 Å². The molecular weight excluding hydrogens is 354 g/mol. The Hall–Kier alpha value is -2.63. The summed E-state index contributed by atoms with van der Waals surface area (Å²) in [5, 5.41) is 3.01. The molecular formula is C22H27N3O3. The molecule has 0 spiro atoms. The monoisotopic (exact) mass is 381 g/mol. The van der Waals surface area contributed by atoms with E-state index in [1.165, 1.54) is 38.5 Å². The summed E-state index contributed by atoms with van der Waals surface area (Å²) in [4.78, 5) is 30.4. The van der Waals surface area contributed by atoms with Crippen LogP contribution in [0, 0.1) is 17.8 Å². The third-order valence-corrected chi connectivity index (χ3v) is 6.01. The molecule has 2 unspecified atom stereocenters. The molecule has 0 aliphatic heterocycles. The summed E-state index contributed by atoms with van der Waals surface area (Å²) in [7, 11) is 0. The summed E-state index contributed by atoms with van der Waals surface area (Å²) in [6.45, 7) is 0.569. The number of nitrogens with zero attached hydrogens (tertiary/aromatic N) is 1. The van der Waals surface area contributed by atoms with Crippen molar-refractivity contribution in [1.29, 1.82) is 0 Å². The number of ether oxygens (including phenoxy) is 1. The van der Waals surface area contributed by atoms with Crippen molar-refractivity contribution in [2.24, 2.45) is 17.8 Å². The highest BCUT2D eigenvalue weighted by atomic mass is 16.5. The van der Waals surface area contributed by atoms with E-state index in [1.54, 1.807) is 6.20 Å². The van der Waals surface area contributed by atoms with Crippen molar-refractivity contribution >= 4 is 5.91 Å². The van der Waals surface area contributed by atoms with Gasteiger partial charge in [-0.25, -0.2) is 4.79 Å². The van der Waals surface area contributed by atoms with Gasteiger partial charge >= 0.3 is 5.69 Å². The number of aromatic nitrogens is 2. The molecule has 2 aromatic rings. The van der Waals surface area contributed by atoms with E-state index in [9.17, 15) is 9.59 Å². The van der Waals surface area contributed by atoms with E-state index in [4.69, 9.17) is 4.74 Å². The molecule has 1 aromatic carbocycles. The third kappa shape index (κ3) is 4.61. The highest BCUT2D eigenvalue weighted by Gasteiger charge is 2.31. The molecule has 2 N–H and O–H groups in total. The zero-order chi connectivity index (χ0) is 19.3. The Morgan fingerprint density at radius 1 is 1.14 bits per heavy atom. The Labute approximate surface area is 164 Å². The van der Waals surface area contributed by atoms with Gasteiger partial charge in [0.05, 0.1) is 5.56 Å². The van der Waals surface area contributed by atoms with Crippen molar-refractivity contribution in [3.05, 3.63) is 47.0 Å². The number of hydrogen-bond acceptors (Lipinski definition) is 4. The van der Waals surface area contributed by atoms with Gasteiger partial charge in [0.1, 0.15) is 0 Å². The predicted octanol–water partition coefficient (Wildman–Crippen LogP) is 3.15. The highest BCUT2D eigenvalue weighted by Crippen LogP contribution is 2.42. The van der Waals surface area contributed by atoms with Crippen molar-refractivity contribution in [3.63, 3.8) is 0 Å². The lowest BCUT2D eigenvalue weighted by Crippen LogP contribution is -2.37. The van der Waals surface area contributed by atoms with Crippen LogP contribution in [0.3, 0.4) is 0 Å². The topological polar surface area (TPSA) is 84.1 Å². The quantitative estimate of drug-likeness (QED) is 0.805. The lowest BCUT2D eigenvalue weighted by Gasteiger charge is -2.39. The summed E-state index contributed by atoms with van der Waals surface area (Å²) >= 11 is 0. The molecule has 2 aliphatic carbocycles. The molecule has 6 heteroatoms. The number of benzene rings is 1. The molecule has 0 radical (unpaired) electrons. The Morgan fingerprint density at radius 2 is 1.89 bits per heavy atom. The smallest absolute Gasteiger partial charge is 0.348 e. The van der Waals surface area contributed by atoms with Crippen LogP contribution in [0.25, 0.3) is 11.1 Å². The Bertz CT molecular complexity index is 853. The first-order valence-electron chi connectivity index (χ1n) is 10.2. The van der Waals surface area contributed by atoms with Crippen molar-refractivity contribution in [2.45, 2.75) is 38.5 Å². The average Bonchev–Trinajstić information content (AvgIpc) is 2.71. The van der Waals surface area contributed by atoms with Crippen molar-refractivity contribution < 1.29 is 9.53 Å². The van der Waals surface area contributed by atoms with E-state index in [0.29, 0.717) is 18.0 Å². The van der Waals surface area contributed by atoms with Gasteiger partial charge in [-0.1, -0.05) is 49.6 Å². The molecule has 1 heterocycles. The van der Waals surface area contributed by atoms with Gasteiger partial charge < -0.3 is 15.0 Å². The van der Waals surface area contributed by atoms with Crippen LogP contribution in [0.5, 0.6) is 5.88 Å². The first-order valence-corrected chi connectivity index (χ1v) is 10.2. The predicted molar refractivity (Wildman–Crippen MR) is 107 cm³/mol. The van der Waals surface area contributed by atoms with E-state index >= 15 is 0 Å². The van der Waals surface area contributed by atoms with Crippen LogP contribution >= 0.6 is 0 Å². The first kappa shape index (κ1) is 18.7. The standard InChI is InChI=1S/C22H27N3O3/c26-20(23-12-17-10-15-5-4-6-16(9-15)11-17)14-28-21-19(13-24-22(27)25-21)18-7-2-1-3-8-18/h1-3,7-8,13,15-17H,4-6,9-12,14H2,(H,23,26)(H,24,25,27). The van der Waals surface area contributed by atoms with Gasteiger partial charge in [-0.3, -0.25) is 4.79 Å². The first-order chi connectivity index (χ1) is 13.7. The van der Waals surface area contributed by atoms with Gasteiger partial charge in [0.2, 0.25) is 5.88 Å². The fraction of sp³-hybridized carbons (Fsp3) is 0.500. The highest BCUT2D eigenvalue weighted by molar-refractivity contribution is 5.78. The number of nitrogens with one attached hydrogen (secondary N) is 2. The largest absolute Gasteiger partial charge is 0.467 e. The molecule has 1 aromatic heterocycles. The molecule has 28 heavy (non-hydrogen) atoms. The summed E-state index contributed by atoms with van der Waals surface area (Å²) in [6, 6.07) is 9.52. The van der Waals surface area contributed by atoms with Crippen molar-refractivity contribution in [2.75, 3.05) is 13.2 Å². The molecule has 148 valence electrons. The van der Waals surface area contributed by atoms with Crippen LogP contribution < -0.4 is 15.7 Å². The van der Waals surface area contributed by atoms with E-state index in [-0.39, 0.29) is 18.4 Å². The normalized spacial score (nSPS) is 23.8. The van der Waals surface area contributed by atoms with Crippen LogP contribution in [-0.4, -0.2) is 29.0 Å². The molecule has 2 fully saturated rings. The molecule has 2 saturated carbocycles. The fourth-order valence-electron chi connectivity index (χ4n) is 4.79. The summed E-state index contributed by atoms with van der Waals surface area (Å²) in [5.74, 6) is 2.28. The molecule has 0 saturated heterocycles. The Morgan fingerprint density at radius 3 is 2.64 bits per heavy atom. The maximum atomic E-state index is 12.3. The molecule has 4 rings (SSSR count). The number of amides is 1. The van der Waals surface area contributed by atoms with E-state index in [1.807, 2.05) is 30.3 Å². The van der Waals surface area contributed by atoms with Crippen LogP contribution in [0.1, 0.15) is 38.5 Å². The van der Waals surface area contributed by atoms with Gasteiger partial charge in [0, 0.05) is 12.7 Å². The molecule has 2 aliphatic rings. The number of hydrogen-bond donors (Lipinski definition) is 2. The molecule has 1 amide bonds. The second kappa shape index (κ2) is 8.59. The van der Waals surface area contributed by atoms with Gasteiger partial charge in [0.15, 0.2) is 6.61 Å². The zero-order valence-electron chi connectivity index (χ0n) is 16.0. The number of rotatable bonds is 6. The molecule has 2 atom stereocenters. The number of carbonyl (C=O) groups excluding carboxylic acids is 1. The molecule has 2 bridgehead atoms. The van der Waals surface area contributed by atoms with Gasteiger partial charge in [-0.15, -0.1) is 0 Å². The summed E-state index contributed by atoms with van der Waals surface area (Å²) in [5.41, 5.74) is 1.03. The van der Waals surface area contributed by atoms with Gasteiger partial charge in [-0.2, -0.15) is 4.98 Å². The van der Waals surface area contributed by atoms with E-state index < -0.39 is 5.69 Å². The van der Waals surface area contributed by atoms with Crippen LogP contribution in [0.2, 0.25) is 0 Å². The minimum Gasteiger partial charge on any atom is -0.467 e. The molecule has 6 nitrogen and oxygen atoms in total. The second-order valence-corrected chi connectivity index (χ2v) is 8.12. The summed E-state index contributed by atoms with van der Waals surface area (Å²) in [6.07, 6.45) is 9.47. The van der Waals surface area contributed by atoms with Crippen molar-refractivity contribution in [3.8, 4) is 17.0 Å². The lowest BCUT2D eigenvalue weighted by molar-refractivity contribution is -0.123. The average molecular weight is 381 g/mol. The van der Waals surface area contributed by atoms with E-state index in [0.717, 1.165) is 17.4 Å². The number of H-pyrrole nitrogens is 1. The minimum absolute atomic E-state index is 0.143. The van der Waals surface area contributed by atoms with Crippen LogP contribution in [-0.2, 0) is 4.79 Å². The SMILES string of the molecule is O=C(COc1nc(=O)[nH]cc1-c1ccccc1)NCC1CC2CCCC(C2)C1. The number of aromatic amines is 1.